The molecule has 0 N–H and O–H groups in total. The molecule has 0 saturated heterocycles. The summed E-state index contributed by atoms with van der Waals surface area (Å²) in [5, 5.41) is 13.9. The van der Waals surface area contributed by atoms with Crippen molar-refractivity contribution in [3.05, 3.63) is 52.8 Å². The van der Waals surface area contributed by atoms with Crippen LogP contribution in [0.5, 0.6) is 0 Å². The number of anilines is 1. The molecule has 0 unspecified atom stereocenters. The van der Waals surface area contributed by atoms with Gasteiger partial charge in [0.2, 0.25) is 0 Å². The molecular weight excluding hydrogens is 408 g/mol. The number of ether oxygens (including phenoxy) is 1. The van der Waals surface area contributed by atoms with E-state index in [-0.39, 0.29) is 24.4 Å². The number of benzene rings is 1. The van der Waals surface area contributed by atoms with Crippen molar-refractivity contribution in [1.82, 2.24) is 10.1 Å². The van der Waals surface area contributed by atoms with E-state index in [4.69, 9.17) is 26.1 Å². The molecule has 154 valence electrons. The van der Waals surface area contributed by atoms with Crippen molar-refractivity contribution in [3.63, 3.8) is 0 Å². The fraction of sp³-hybridized carbons (Fsp3) is 0.286. The molecule has 0 aliphatic heterocycles. The Morgan fingerprint density at radius 3 is 2.83 bits per heavy atom. The summed E-state index contributed by atoms with van der Waals surface area (Å²) < 4.78 is 10.4. The highest BCUT2D eigenvalue weighted by atomic mass is 35.5. The third-order valence-corrected chi connectivity index (χ3v) is 4.57. The first kappa shape index (κ1) is 21.3. The van der Waals surface area contributed by atoms with Crippen LogP contribution in [0.3, 0.4) is 0 Å². The number of pyridine rings is 1. The van der Waals surface area contributed by atoms with Crippen molar-refractivity contribution in [3.8, 4) is 6.07 Å². The number of esters is 1. The Hall–Kier alpha value is -3.44. The van der Waals surface area contributed by atoms with E-state index in [1.165, 1.54) is 11.1 Å². The van der Waals surface area contributed by atoms with Gasteiger partial charge in [-0.1, -0.05) is 36.7 Å². The van der Waals surface area contributed by atoms with Crippen LogP contribution in [0.1, 0.15) is 42.2 Å². The summed E-state index contributed by atoms with van der Waals surface area (Å²) in [5.41, 5.74) is 1.72. The van der Waals surface area contributed by atoms with E-state index < -0.39 is 18.5 Å². The zero-order chi connectivity index (χ0) is 21.7. The van der Waals surface area contributed by atoms with Gasteiger partial charge in [-0.2, -0.15) is 5.26 Å². The van der Waals surface area contributed by atoms with Crippen LogP contribution in [0.4, 0.5) is 5.69 Å². The minimum absolute atomic E-state index is 0.0901. The Labute approximate surface area is 178 Å². The quantitative estimate of drug-likeness (QED) is 0.523. The number of hydrogen-bond acceptors (Lipinski definition) is 7. The van der Waals surface area contributed by atoms with E-state index in [0.29, 0.717) is 27.5 Å². The van der Waals surface area contributed by atoms with Gasteiger partial charge in [0.05, 0.1) is 29.1 Å². The summed E-state index contributed by atoms with van der Waals surface area (Å²) in [7, 11) is 0. The molecule has 2 heterocycles. The number of aromatic nitrogens is 2. The Morgan fingerprint density at radius 1 is 1.33 bits per heavy atom. The van der Waals surface area contributed by atoms with Crippen LogP contribution in [0.2, 0.25) is 5.02 Å². The SMILES string of the molecule is CC(C)c1noc2ncc(C(=O)OCC(=O)N(CCC#N)c3cccc(Cl)c3)cc12. The van der Waals surface area contributed by atoms with Crippen molar-refractivity contribution < 1.29 is 18.8 Å². The summed E-state index contributed by atoms with van der Waals surface area (Å²) in [6.45, 7) is 3.56. The molecule has 0 aliphatic rings. The third kappa shape index (κ3) is 4.75. The number of amides is 1. The smallest absolute Gasteiger partial charge is 0.340 e. The van der Waals surface area contributed by atoms with E-state index in [2.05, 4.69) is 10.1 Å². The van der Waals surface area contributed by atoms with Gasteiger partial charge in [-0.15, -0.1) is 0 Å². The van der Waals surface area contributed by atoms with Crippen LogP contribution >= 0.6 is 11.6 Å². The molecule has 0 aliphatic carbocycles. The van der Waals surface area contributed by atoms with E-state index in [1.807, 2.05) is 19.9 Å². The van der Waals surface area contributed by atoms with Gasteiger partial charge in [-0.05, 0) is 30.2 Å². The molecule has 0 atom stereocenters. The van der Waals surface area contributed by atoms with Crippen LogP contribution in [-0.2, 0) is 9.53 Å². The molecule has 2 aromatic heterocycles. The fourth-order valence-electron chi connectivity index (χ4n) is 2.87. The lowest BCUT2D eigenvalue weighted by Crippen LogP contribution is -2.35. The standard InChI is InChI=1S/C21H19ClN4O4/c1-13(2)19-17-9-14(11-24-20(17)30-25-19)21(28)29-12-18(27)26(8-4-7-23)16-6-3-5-15(22)10-16/h3,5-6,9-11,13H,4,8,12H2,1-2H3. The highest BCUT2D eigenvalue weighted by molar-refractivity contribution is 6.30. The van der Waals surface area contributed by atoms with Gasteiger partial charge < -0.3 is 14.2 Å². The Bertz CT molecular complexity index is 1120. The molecule has 30 heavy (non-hydrogen) atoms. The predicted molar refractivity (Wildman–Crippen MR) is 110 cm³/mol. The second kappa shape index (κ2) is 9.37. The lowest BCUT2D eigenvalue weighted by atomic mass is 10.1. The minimum Gasteiger partial charge on any atom is -0.452 e. The molecule has 3 aromatic rings. The minimum atomic E-state index is -0.694. The van der Waals surface area contributed by atoms with E-state index in [9.17, 15) is 9.59 Å². The lowest BCUT2D eigenvalue weighted by Gasteiger charge is -2.21. The number of halogens is 1. The summed E-state index contributed by atoms with van der Waals surface area (Å²) in [6, 6.07) is 10.3. The first-order chi connectivity index (χ1) is 14.4. The molecule has 0 saturated carbocycles. The van der Waals surface area contributed by atoms with Crippen LogP contribution < -0.4 is 4.90 Å². The van der Waals surface area contributed by atoms with Crippen molar-refractivity contribution in [1.29, 1.82) is 5.26 Å². The normalized spacial score (nSPS) is 10.8. The number of nitriles is 1. The molecule has 0 radical (unpaired) electrons. The molecule has 0 bridgehead atoms. The maximum Gasteiger partial charge on any atom is 0.340 e. The number of fused-ring (bicyclic) bond motifs is 1. The first-order valence-electron chi connectivity index (χ1n) is 9.26. The largest absolute Gasteiger partial charge is 0.452 e. The number of nitrogens with zero attached hydrogens (tertiary/aromatic N) is 4. The molecule has 0 spiro atoms. The maximum atomic E-state index is 12.7. The average molecular weight is 427 g/mol. The molecule has 1 amide bonds. The first-order valence-corrected chi connectivity index (χ1v) is 9.64. The molecule has 3 rings (SSSR count). The maximum absolute atomic E-state index is 12.7. The highest BCUT2D eigenvalue weighted by Gasteiger charge is 2.20. The van der Waals surface area contributed by atoms with Gasteiger partial charge in [-0.3, -0.25) is 4.79 Å². The number of carbonyl (C=O) groups excluding carboxylic acids is 2. The predicted octanol–water partition coefficient (Wildman–Crippen LogP) is 4.10. The Balaban J connectivity index is 1.73. The van der Waals surface area contributed by atoms with Crippen molar-refractivity contribution in [2.75, 3.05) is 18.1 Å². The second-order valence-corrected chi connectivity index (χ2v) is 7.25. The summed E-state index contributed by atoms with van der Waals surface area (Å²) in [6.07, 6.45) is 1.44. The average Bonchev–Trinajstić information content (AvgIpc) is 3.16. The molecular formula is C21H19ClN4O4. The van der Waals surface area contributed by atoms with Gasteiger partial charge in [-0.25, -0.2) is 9.78 Å². The van der Waals surface area contributed by atoms with Crippen molar-refractivity contribution in [2.24, 2.45) is 0 Å². The third-order valence-electron chi connectivity index (χ3n) is 4.34. The van der Waals surface area contributed by atoms with Crippen molar-refractivity contribution in [2.45, 2.75) is 26.2 Å². The van der Waals surface area contributed by atoms with Crippen LogP contribution in [-0.4, -0.2) is 35.2 Å². The summed E-state index contributed by atoms with van der Waals surface area (Å²) >= 11 is 6.00. The van der Waals surface area contributed by atoms with Crippen LogP contribution in [0.25, 0.3) is 11.1 Å². The van der Waals surface area contributed by atoms with E-state index in [0.717, 1.165) is 0 Å². The van der Waals surface area contributed by atoms with E-state index in [1.54, 1.807) is 30.3 Å². The number of carbonyl (C=O) groups is 2. The van der Waals surface area contributed by atoms with Crippen LogP contribution in [0.15, 0.2) is 41.1 Å². The molecule has 0 fully saturated rings. The molecule has 1 aromatic carbocycles. The second-order valence-electron chi connectivity index (χ2n) is 6.81. The van der Waals surface area contributed by atoms with Gasteiger partial charge in [0.1, 0.15) is 0 Å². The summed E-state index contributed by atoms with van der Waals surface area (Å²) in [5.74, 6) is -1.07. The van der Waals surface area contributed by atoms with Gasteiger partial charge >= 0.3 is 5.97 Å². The fourth-order valence-corrected chi connectivity index (χ4v) is 3.05. The number of hydrogen-bond donors (Lipinski definition) is 0. The van der Waals surface area contributed by atoms with Crippen LogP contribution in [0, 0.1) is 11.3 Å². The lowest BCUT2D eigenvalue weighted by molar-refractivity contribution is -0.121. The van der Waals surface area contributed by atoms with Gasteiger partial charge in [0, 0.05) is 23.5 Å². The Morgan fingerprint density at radius 2 is 2.13 bits per heavy atom. The topological polar surface area (TPSA) is 109 Å². The zero-order valence-corrected chi connectivity index (χ0v) is 17.2. The monoisotopic (exact) mass is 426 g/mol. The van der Waals surface area contributed by atoms with E-state index >= 15 is 0 Å². The highest BCUT2D eigenvalue weighted by Crippen LogP contribution is 2.24. The molecule has 9 heteroatoms. The Kier molecular flexibility index (Phi) is 6.65. The van der Waals surface area contributed by atoms with Gasteiger partial charge in [0.15, 0.2) is 6.61 Å². The summed E-state index contributed by atoms with van der Waals surface area (Å²) in [4.78, 5) is 30.6. The number of rotatable bonds is 7. The zero-order valence-electron chi connectivity index (χ0n) is 16.5. The molecule has 8 nitrogen and oxygen atoms in total. The van der Waals surface area contributed by atoms with Crippen molar-refractivity contribution >= 4 is 40.3 Å². The van der Waals surface area contributed by atoms with Gasteiger partial charge in [0.25, 0.3) is 11.6 Å².